The second-order valence-corrected chi connectivity index (χ2v) is 39.2. The predicted octanol–water partition coefficient (Wildman–Crippen LogP) is 39.2. The van der Waals surface area contributed by atoms with Crippen molar-refractivity contribution in [2.24, 2.45) is 71.0 Å². The Balaban J connectivity index is 0.000000787. The van der Waals surface area contributed by atoms with E-state index in [1.807, 2.05) is 0 Å². The Hall–Kier alpha value is 0. The molecule has 0 aromatic rings. The molecule has 0 radical (unpaired) electrons. The lowest BCUT2D eigenvalue weighted by Crippen LogP contribution is -2.19. The molecule has 0 saturated heterocycles. The lowest BCUT2D eigenvalue weighted by molar-refractivity contribution is 0.203. The molecule has 0 spiro atoms. The maximum Gasteiger partial charge on any atom is -0.0386 e. The summed E-state index contributed by atoms with van der Waals surface area (Å²) in [6.45, 7) is 28.9. The van der Waals surface area contributed by atoms with Gasteiger partial charge in [0.15, 0.2) is 0 Å². The SMILES string of the molecule is CCCCC1CCCCC1CCCCCCCCCCCCCCCC1CCCCC1CCCC.CCCCCC(C)CCC(C)CCCCCCCCCCCCCC(C)CCC(C)CCCCC.CCCCCC(C)CCC(C)CCCCCCCCCCCCCCC1CCCCC1CCCC. The van der Waals surface area contributed by atoms with Crippen molar-refractivity contribution in [1.82, 2.24) is 0 Å². The Morgan fingerprint density at radius 3 is 0.419 bits per heavy atom. The Kier molecular flexibility index (Phi) is 79.1. The maximum atomic E-state index is 2.50. The maximum absolute atomic E-state index is 2.50. The molecule has 0 N–H and O–H groups in total. The molecule has 0 aromatic heterocycles. The fourth-order valence-corrected chi connectivity index (χ4v) is 20.3. The van der Waals surface area contributed by atoms with Crippen LogP contribution in [0.1, 0.15) is 603 Å². The highest BCUT2D eigenvalue weighted by Crippen LogP contribution is 2.40. The van der Waals surface area contributed by atoms with Crippen LogP contribution < -0.4 is 0 Å². The first-order chi connectivity index (χ1) is 51.5. The third-order valence-electron chi connectivity index (χ3n) is 28.4. The van der Waals surface area contributed by atoms with E-state index in [2.05, 4.69) is 83.1 Å². The summed E-state index contributed by atoms with van der Waals surface area (Å²) in [6, 6.07) is 0. The third kappa shape index (κ3) is 68.2. The molecular formula is C105H210. The van der Waals surface area contributed by atoms with Crippen LogP contribution in [0, 0.1) is 71.0 Å². The van der Waals surface area contributed by atoms with Crippen LogP contribution >= 0.6 is 0 Å². The van der Waals surface area contributed by atoms with Gasteiger partial charge in [-0.1, -0.05) is 603 Å². The number of hydrogen-bond acceptors (Lipinski definition) is 0. The van der Waals surface area contributed by atoms with Gasteiger partial charge in [0.05, 0.1) is 0 Å². The minimum Gasteiger partial charge on any atom is -0.0654 e. The molecule has 105 heavy (non-hydrogen) atoms. The van der Waals surface area contributed by atoms with Crippen molar-refractivity contribution >= 4 is 0 Å². The van der Waals surface area contributed by atoms with Crippen molar-refractivity contribution in [1.29, 1.82) is 0 Å². The van der Waals surface area contributed by atoms with Gasteiger partial charge in [-0.2, -0.15) is 0 Å². The normalized spacial score (nSPS) is 20.2. The monoisotopic (exact) mass is 1470 g/mol. The molecule has 3 saturated carbocycles. The van der Waals surface area contributed by atoms with E-state index >= 15 is 0 Å². The molecule has 0 amide bonds. The lowest BCUT2D eigenvalue weighted by Gasteiger charge is -2.31. The second-order valence-electron chi connectivity index (χ2n) is 39.2. The van der Waals surface area contributed by atoms with Gasteiger partial charge in [0.1, 0.15) is 0 Å². The Morgan fingerprint density at radius 1 is 0.143 bits per heavy atom. The van der Waals surface area contributed by atoms with Gasteiger partial charge >= 0.3 is 0 Å². The first-order valence-corrected chi connectivity index (χ1v) is 51.5. The summed E-state index contributed by atoms with van der Waals surface area (Å²) in [6.07, 6.45) is 120. The highest BCUT2D eigenvalue weighted by atomic mass is 14.3. The topological polar surface area (TPSA) is 0 Å². The molecule has 3 fully saturated rings. The average molecular weight is 1470 g/mol. The van der Waals surface area contributed by atoms with Crippen LogP contribution in [0.15, 0.2) is 0 Å². The van der Waals surface area contributed by atoms with Crippen LogP contribution in [-0.2, 0) is 0 Å². The van der Waals surface area contributed by atoms with E-state index in [0.717, 1.165) is 71.0 Å². The van der Waals surface area contributed by atoms with Gasteiger partial charge in [0, 0.05) is 0 Å². The summed E-state index contributed by atoms with van der Waals surface area (Å²) < 4.78 is 0. The third-order valence-corrected chi connectivity index (χ3v) is 28.4. The zero-order valence-corrected chi connectivity index (χ0v) is 76.2. The second kappa shape index (κ2) is 80.6. The number of rotatable bonds is 75. The minimum absolute atomic E-state index is 0.950. The molecule has 3 aliphatic rings. The quantitative estimate of drug-likeness (QED) is 0.0533. The van der Waals surface area contributed by atoms with E-state index < -0.39 is 0 Å². The van der Waals surface area contributed by atoms with E-state index in [4.69, 9.17) is 0 Å². The number of unbranched alkanes of at least 4 members (excludes halogenated alkanes) is 42. The van der Waals surface area contributed by atoms with Crippen LogP contribution in [-0.4, -0.2) is 0 Å². The summed E-state index contributed by atoms with van der Waals surface area (Å²) in [5.74, 6) is 12.2. The van der Waals surface area contributed by atoms with Crippen molar-refractivity contribution in [3.63, 3.8) is 0 Å². The summed E-state index contributed by atoms with van der Waals surface area (Å²) in [5.41, 5.74) is 0. The summed E-state index contributed by atoms with van der Waals surface area (Å²) in [5, 5.41) is 0. The molecule has 12 unspecified atom stereocenters. The minimum atomic E-state index is 0.950. The van der Waals surface area contributed by atoms with E-state index in [9.17, 15) is 0 Å². The first-order valence-electron chi connectivity index (χ1n) is 51.5. The predicted molar refractivity (Wildman–Crippen MR) is 484 cm³/mol. The van der Waals surface area contributed by atoms with Crippen molar-refractivity contribution in [2.45, 2.75) is 603 Å². The van der Waals surface area contributed by atoms with Crippen molar-refractivity contribution < 1.29 is 0 Å². The molecule has 0 heterocycles. The van der Waals surface area contributed by atoms with Gasteiger partial charge in [0.2, 0.25) is 0 Å². The molecule has 0 bridgehead atoms. The molecule has 0 aliphatic heterocycles. The standard InChI is InChI=1S/C35H68.C35H70.C35H72/c1-3-5-24-32-28-20-22-30-34(32)26-18-16-14-12-10-8-7-9-11-13-15-17-19-27-35-31-23-21-29-33(35)25-6-4-2;1-5-7-19-24-32(3)30-31-33(4)25-20-17-15-13-11-9-10-12-14-16-18-21-27-35-29-23-22-28-34(35)26-8-6-2;1-7-9-20-24-32(3)28-30-34(5)26-22-18-16-14-12-11-13-15-17-19-23-27-35(6)31-29-33(4)25-21-10-8-2/h32-35H,3-31H2,1-2H3;32-35H,5-31H2,1-4H3;32-35H,7-31H2,1-6H3. The summed E-state index contributed by atoms with van der Waals surface area (Å²) in [7, 11) is 0. The Morgan fingerprint density at radius 2 is 0.267 bits per heavy atom. The molecule has 12 atom stereocenters. The zero-order valence-electron chi connectivity index (χ0n) is 76.2. The van der Waals surface area contributed by atoms with Crippen molar-refractivity contribution in [3.8, 4) is 0 Å². The number of hydrogen-bond donors (Lipinski definition) is 0. The smallest absolute Gasteiger partial charge is 0.0386 e. The van der Waals surface area contributed by atoms with Gasteiger partial charge in [-0.05, 0) is 71.0 Å². The lowest BCUT2D eigenvalue weighted by atomic mass is 9.74. The van der Waals surface area contributed by atoms with E-state index in [1.54, 1.807) is 57.8 Å². The van der Waals surface area contributed by atoms with Gasteiger partial charge < -0.3 is 0 Å². The van der Waals surface area contributed by atoms with E-state index in [0.29, 0.717) is 0 Å². The van der Waals surface area contributed by atoms with Gasteiger partial charge in [-0.15, -0.1) is 0 Å². The first kappa shape index (κ1) is 103. The Labute approximate surface area is 670 Å². The van der Waals surface area contributed by atoms with Gasteiger partial charge in [-0.3, -0.25) is 0 Å². The van der Waals surface area contributed by atoms with Crippen LogP contribution in [0.4, 0.5) is 0 Å². The van der Waals surface area contributed by atoms with Crippen LogP contribution in [0.5, 0.6) is 0 Å². The Bertz CT molecular complexity index is 1530. The van der Waals surface area contributed by atoms with Crippen LogP contribution in [0.3, 0.4) is 0 Å². The molecule has 3 aliphatic carbocycles. The van der Waals surface area contributed by atoms with Gasteiger partial charge in [-0.25, -0.2) is 0 Å². The fourth-order valence-electron chi connectivity index (χ4n) is 20.3. The molecule has 0 aromatic carbocycles. The molecule has 3 rings (SSSR count). The van der Waals surface area contributed by atoms with Crippen molar-refractivity contribution in [2.75, 3.05) is 0 Å². The molecular weight excluding hydrogens is 1260 g/mol. The van der Waals surface area contributed by atoms with E-state index in [-0.39, 0.29) is 0 Å². The highest BCUT2D eigenvalue weighted by molar-refractivity contribution is 4.79. The molecule has 0 nitrogen and oxygen atoms in total. The van der Waals surface area contributed by atoms with Crippen LogP contribution in [0.25, 0.3) is 0 Å². The van der Waals surface area contributed by atoms with Crippen LogP contribution in [0.2, 0.25) is 0 Å². The zero-order chi connectivity index (χ0) is 76.2. The summed E-state index contributed by atoms with van der Waals surface area (Å²) in [4.78, 5) is 0. The fraction of sp³-hybridized carbons (Fsp3) is 1.00. The molecule has 0 heteroatoms. The highest BCUT2D eigenvalue weighted by Gasteiger charge is 2.27. The van der Waals surface area contributed by atoms with Gasteiger partial charge in [0.25, 0.3) is 0 Å². The largest absolute Gasteiger partial charge is 0.0654 e. The van der Waals surface area contributed by atoms with Crippen molar-refractivity contribution in [3.05, 3.63) is 0 Å². The van der Waals surface area contributed by atoms with E-state index in [1.165, 1.54) is 462 Å². The summed E-state index contributed by atoms with van der Waals surface area (Å²) >= 11 is 0. The molecule has 630 valence electrons. The average Bonchev–Trinajstić information content (AvgIpc) is 0.933.